The monoisotopic (exact) mass is 333 g/mol. The molecule has 0 aliphatic rings. The van der Waals surface area contributed by atoms with Crippen molar-refractivity contribution in [1.29, 1.82) is 0 Å². The second-order valence-corrected chi connectivity index (χ2v) is 5.58. The van der Waals surface area contributed by atoms with Crippen molar-refractivity contribution in [2.45, 2.75) is 13.8 Å². The van der Waals surface area contributed by atoms with Crippen LogP contribution in [0.25, 0.3) is 10.9 Å². The lowest BCUT2D eigenvalue weighted by molar-refractivity contribution is 0.310. The first kappa shape index (κ1) is 18.1. The van der Waals surface area contributed by atoms with Crippen molar-refractivity contribution in [3.05, 3.63) is 12.1 Å². The van der Waals surface area contributed by atoms with Gasteiger partial charge in [0.2, 0.25) is 5.95 Å². The number of rotatable bonds is 8. The molecule has 132 valence electrons. The molecule has 0 aliphatic carbocycles. The van der Waals surface area contributed by atoms with Gasteiger partial charge in [-0.15, -0.1) is 0 Å². The SMILES string of the molecule is CCN(CC)CCN(C)c1nc(N)c2cc(OC)c(OC)cc2n1. The van der Waals surface area contributed by atoms with Crippen LogP contribution in [0.1, 0.15) is 13.8 Å². The summed E-state index contributed by atoms with van der Waals surface area (Å²) in [5, 5.41) is 0.758. The highest BCUT2D eigenvalue weighted by atomic mass is 16.5. The Labute approximate surface area is 143 Å². The van der Waals surface area contributed by atoms with E-state index in [0.29, 0.717) is 23.3 Å². The Balaban J connectivity index is 2.31. The van der Waals surface area contributed by atoms with Crippen molar-refractivity contribution < 1.29 is 9.47 Å². The summed E-state index contributed by atoms with van der Waals surface area (Å²) in [5.41, 5.74) is 6.87. The Bertz CT molecular complexity index is 688. The van der Waals surface area contributed by atoms with Crippen LogP contribution < -0.4 is 20.1 Å². The molecule has 1 heterocycles. The van der Waals surface area contributed by atoms with Crippen LogP contribution in [0.2, 0.25) is 0 Å². The quantitative estimate of drug-likeness (QED) is 0.792. The van der Waals surface area contributed by atoms with Crippen LogP contribution in [-0.2, 0) is 0 Å². The first-order valence-electron chi connectivity index (χ1n) is 8.16. The maximum atomic E-state index is 6.13. The molecule has 0 fully saturated rings. The van der Waals surface area contributed by atoms with Gasteiger partial charge in [-0.3, -0.25) is 0 Å². The number of nitrogens with two attached hydrogens (primary N) is 1. The molecule has 0 amide bonds. The summed E-state index contributed by atoms with van der Waals surface area (Å²) in [4.78, 5) is 13.4. The molecule has 0 saturated heterocycles. The minimum Gasteiger partial charge on any atom is -0.493 e. The molecule has 2 N–H and O–H groups in total. The molecule has 24 heavy (non-hydrogen) atoms. The summed E-state index contributed by atoms with van der Waals surface area (Å²) in [6.45, 7) is 8.17. The fourth-order valence-corrected chi connectivity index (χ4v) is 2.57. The number of ether oxygens (including phenoxy) is 2. The Kier molecular flexibility index (Phi) is 6.03. The van der Waals surface area contributed by atoms with Gasteiger partial charge in [-0.2, -0.15) is 4.98 Å². The number of benzene rings is 1. The molecule has 0 atom stereocenters. The van der Waals surface area contributed by atoms with Gasteiger partial charge < -0.3 is 25.0 Å². The normalized spacial score (nSPS) is 11.1. The van der Waals surface area contributed by atoms with Crippen molar-refractivity contribution in [3.63, 3.8) is 0 Å². The summed E-state index contributed by atoms with van der Waals surface area (Å²) in [7, 11) is 5.17. The van der Waals surface area contributed by atoms with Crippen molar-refractivity contribution in [2.75, 3.05) is 58.1 Å². The lowest BCUT2D eigenvalue weighted by atomic mass is 10.2. The molecule has 0 radical (unpaired) electrons. The Morgan fingerprint density at radius 1 is 1.00 bits per heavy atom. The number of nitrogens with zero attached hydrogens (tertiary/aromatic N) is 4. The van der Waals surface area contributed by atoms with Crippen LogP contribution in [0.3, 0.4) is 0 Å². The van der Waals surface area contributed by atoms with Gasteiger partial charge >= 0.3 is 0 Å². The molecular formula is C17H27N5O2. The van der Waals surface area contributed by atoms with Gasteiger partial charge in [0.05, 0.1) is 19.7 Å². The fraction of sp³-hybridized carbons (Fsp3) is 0.529. The third kappa shape index (κ3) is 3.79. The average molecular weight is 333 g/mol. The zero-order chi connectivity index (χ0) is 17.7. The zero-order valence-electron chi connectivity index (χ0n) is 15.2. The largest absolute Gasteiger partial charge is 0.493 e. The van der Waals surface area contributed by atoms with Crippen LogP contribution >= 0.6 is 0 Å². The van der Waals surface area contributed by atoms with E-state index in [2.05, 4.69) is 28.7 Å². The standard InChI is InChI=1S/C17H27N5O2/c1-6-22(7-2)9-8-21(3)17-19-13-11-15(24-5)14(23-4)10-12(13)16(18)20-17/h10-11H,6-9H2,1-5H3,(H2,18,19,20). The maximum Gasteiger partial charge on any atom is 0.227 e. The summed E-state index contributed by atoms with van der Waals surface area (Å²) >= 11 is 0. The number of anilines is 2. The summed E-state index contributed by atoms with van der Waals surface area (Å²) in [5.74, 6) is 2.29. The number of hydrogen-bond donors (Lipinski definition) is 1. The molecule has 0 aliphatic heterocycles. The molecule has 0 bridgehead atoms. The third-order valence-corrected chi connectivity index (χ3v) is 4.21. The molecular weight excluding hydrogens is 306 g/mol. The van der Waals surface area contributed by atoms with Crippen LogP contribution in [-0.4, -0.2) is 62.3 Å². The van der Waals surface area contributed by atoms with Gasteiger partial charge in [0.25, 0.3) is 0 Å². The number of fused-ring (bicyclic) bond motifs is 1. The first-order valence-corrected chi connectivity index (χ1v) is 8.16. The second-order valence-electron chi connectivity index (χ2n) is 5.58. The van der Waals surface area contributed by atoms with Gasteiger partial charge in [0.15, 0.2) is 11.5 Å². The molecule has 2 rings (SSSR count). The predicted molar refractivity (Wildman–Crippen MR) is 98.1 cm³/mol. The van der Waals surface area contributed by atoms with Gasteiger partial charge in [-0.1, -0.05) is 13.8 Å². The molecule has 7 heteroatoms. The van der Waals surface area contributed by atoms with E-state index in [1.807, 2.05) is 24.1 Å². The summed E-state index contributed by atoms with van der Waals surface area (Å²) in [6, 6.07) is 3.64. The van der Waals surface area contributed by atoms with Gasteiger partial charge in [-0.05, 0) is 19.2 Å². The van der Waals surface area contributed by atoms with Crippen LogP contribution in [0.15, 0.2) is 12.1 Å². The Hall–Kier alpha value is -2.28. The molecule has 0 saturated carbocycles. The van der Waals surface area contributed by atoms with Crippen molar-refractivity contribution >= 4 is 22.7 Å². The lowest BCUT2D eigenvalue weighted by Crippen LogP contribution is -2.33. The number of nitrogen functional groups attached to an aromatic ring is 1. The second kappa shape index (κ2) is 8.01. The van der Waals surface area contributed by atoms with Gasteiger partial charge in [0.1, 0.15) is 5.82 Å². The number of aromatic nitrogens is 2. The average Bonchev–Trinajstić information content (AvgIpc) is 2.61. The molecule has 2 aromatic rings. The number of hydrogen-bond acceptors (Lipinski definition) is 7. The highest BCUT2D eigenvalue weighted by Gasteiger charge is 2.14. The maximum absolute atomic E-state index is 6.13. The fourth-order valence-electron chi connectivity index (χ4n) is 2.57. The van der Waals surface area contributed by atoms with Crippen LogP contribution in [0, 0.1) is 0 Å². The topological polar surface area (TPSA) is 76.7 Å². The highest BCUT2D eigenvalue weighted by molar-refractivity contribution is 5.91. The predicted octanol–water partition coefficient (Wildman–Crippen LogP) is 2.01. The molecule has 1 aromatic carbocycles. The minimum absolute atomic E-state index is 0.436. The summed E-state index contributed by atoms with van der Waals surface area (Å²) in [6.07, 6.45) is 0. The van der Waals surface area contributed by atoms with E-state index in [1.165, 1.54) is 0 Å². The van der Waals surface area contributed by atoms with Crippen LogP contribution in [0.4, 0.5) is 11.8 Å². The van der Waals surface area contributed by atoms with Crippen molar-refractivity contribution in [2.24, 2.45) is 0 Å². The molecule has 1 aromatic heterocycles. The Morgan fingerprint density at radius 3 is 2.21 bits per heavy atom. The molecule has 0 spiro atoms. The van der Waals surface area contributed by atoms with Crippen LogP contribution in [0.5, 0.6) is 11.5 Å². The number of methoxy groups -OCH3 is 2. The molecule has 7 nitrogen and oxygen atoms in total. The van der Waals surface area contributed by atoms with E-state index in [-0.39, 0.29) is 0 Å². The van der Waals surface area contributed by atoms with E-state index in [0.717, 1.165) is 37.1 Å². The van der Waals surface area contributed by atoms with E-state index < -0.39 is 0 Å². The zero-order valence-corrected chi connectivity index (χ0v) is 15.2. The third-order valence-electron chi connectivity index (χ3n) is 4.21. The van der Waals surface area contributed by atoms with E-state index >= 15 is 0 Å². The Morgan fingerprint density at radius 2 is 1.62 bits per heavy atom. The lowest BCUT2D eigenvalue weighted by Gasteiger charge is -2.23. The highest BCUT2D eigenvalue weighted by Crippen LogP contribution is 2.33. The number of likely N-dealkylation sites (N-methyl/N-ethyl adjacent to an activating group) is 2. The van der Waals surface area contributed by atoms with Crippen molar-refractivity contribution in [1.82, 2.24) is 14.9 Å². The first-order chi connectivity index (χ1) is 11.5. The van der Waals surface area contributed by atoms with E-state index in [4.69, 9.17) is 15.2 Å². The smallest absolute Gasteiger partial charge is 0.227 e. The van der Waals surface area contributed by atoms with Gasteiger partial charge in [-0.25, -0.2) is 4.98 Å². The molecule has 0 unspecified atom stereocenters. The summed E-state index contributed by atoms with van der Waals surface area (Å²) < 4.78 is 10.7. The van der Waals surface area contributed by atoms with E-state index in [9.17, 15) is 0 Å². The van der Waals surface area contributed by atoms with Crippen molar-refractivity contribution in [3.8, 4) is 11.5 Å². The van der Waals surface area contributed by atoms with Gasteiger partial charge in [0, 0.05) is 31.6 Å². The van der Waals surface area contributed by atoms with E-state index in [1.54, 1.807) is 14.2 Å². The minimum atomic E-state index is 0.436.